The summed E-state index contributed by atoms with van der Waals surface area (Å²) in [5, 5.41) is 22.7. The molecule has 2 rings (SSSR count). The highest BCUT2D eigenvalue weighted by Crippen LogP contribution is 2.27. The average molecular weight is 428 g/mol. The highest BCUT2D eigenvalue weighted by Gasteiger charge is 2.27. The number of imidazole rings is 1. The van der Waals surface area contributed by atoms with Gasteiger partial charge < -0.3 is 20.1 Å². The normalized spacial score (nSPS) is 13.5. The van der Waals surface area contributed by atoms with Gasteiger partial charge in [-0.3, -0.25) is 9.59 Å². The van der Waals surface area contributed by atoms with E-state index < -0.39 is 23.9 Å². The lowest BCUT2D eigenvalue weighted by Crippen LogP contribution is -2.41. The molecule has 0 aliphatic heterocycles. The molecule has 3 N–H and O–H groups in total. The van der Waals surface area contributed by atoms with Crippen LogP contribution in [0.25, 0.3) is 0 Å². The van der Waals surface area contributed by atoms with Crippen molar-refractivity contribution >= 4 is 35.1 Å². The Hall–Kier alpha value is -2.09. The maximum atomic E-state index is 11.9. The monoisotopic (exact) mass is 427 g/mol. The van der Waals surface area contributed by atoms with Crippen molar-refractivity contribution < 1.29 is 19.8 Å². The summed E-state index contributed by atoms with van der Waals surface area (Å²) in [6.07, 6.45) is 3.39. The largest absolute Gasteiger partial charge is 0.481 e. The van der Waals surface area contributed by atoms with Crippen molar-refractivity contribution in [1.82, 2.24) is 14.9 Å². The van der Waals surface area contributed by atoms with Crippen LogP contribution >= 0.6 is 23.2 Å². The first-order valence-electron chi connectivity index (χ1n) is 8.82. The second-order valence-electron chi connectivity index (χ2n) is 6.98. The summed E-state index contributed by atoms with van der Waals surface area (Å²) < 4.78 is 1.68. The zero-order valence-corrected chi connectivity index (χ0v) is 17.1. The molecule has 0 saturated heterocycles. The third kappa shape index (κ3) is 5.70. The van der Waals surface area contributed by atoms with Crippen molar-refractivity contribution in [3.8, 4) is 0 Å². The number of halogens is 2. The molecule has 152 valence electrons. The standard InChI is InChI=1S/C19H23Cl2N3O4/c1-11(2)6-15(19(27)28)23-7-13(18(25)26)16-8-22-10-24(16)9-12-4-3-5-14(20)17(12)21/h3-5,8,10-11,13,15,23H,6-7,9H2,1-2H3,(H,25,26)(H,27,28). The smallest absolute Gasteiger partial charge is 0.320 e. The molecule has 9 heteroatoms. The average Bonchev–Trinajstić information content (AvgIpc) is 3.05. The van der Waals surface area contributed by atoms with Gasteiger partial charge in [0.2, 0.25) is 0 Å². The van der Waals surface area contributed by atoms with Crippen molar-refractivity contribution in [2.75, 3.05) is 6.54 Å². The number of aliphatic carboxylic acids is 2. The Morgan fingerprint density at radius 3 is 2.54 bits per heavy atom. The van der Waals surface area contributed by atoms with Gasteiger partial charge in [0.25, 0.3) is 0 Å². The van der Waals surface area contributed by atoms with Gasteiger partial charge in [0.15, 0.2) is 0 Å². The van der Waals surface area contributed by atoms with Crippen LogP contribution in [-0.4, -0.2) is 44.3 Å². The van der Waals surface area contributed by atoms with Crippen LogP contribution < -0.4 is 5.32 Å². The van der Waals surface area contributed by atoms with Gasteiger partial charge in [0.05, 0.1) is 28.6 Å². The Balaban J connectivity index is 2.21. The first-order chi connectivity index (χ1) is 13.2. The summed E-state index contributed by atoms with van der Waals surface area (Å²) >= 11 is 12.3. The van der Waals surface area contributed by atoms with Crippen molar-refractivity contribution in [2.24, 2.45) is 5.92 Å². The van der Waals surface area contributed by atoms with E-state index in [0.717, 1.165) is 5.56 Å². The van der Waals surface area contributed by atoms with Crippen LogP contribution in [0.15, 0.2) is 30.7 Å². The Morgan fingerprint density at radius 1 is 1.21 bits per heavy atom. The highest BCUT2D eigenvalue weighted by atomic mass is 35.5. The van der Waals surface area contributed by atoms with Crippen LogP contribution in [0.3, 0.4) is 0 Å². The minimum Gasteiger partial charge on any atom is -0.481 e. The van der Waals surface area contributed by atoms with E-state index in [-0.39, 0.29) is 12.5 Å². The molecular weight excluding hydrogens is 405 g/mol. The molecule has 2 aromatic rings. The molecule has 0 radical (unpaired) electrons. The molecule has 0 spiro atoms. The van der Waals surface area contributed by atoms with Gasteiger partial charge in [-0.15, -0.1) is 0 Å². The number of carbonyl (C=O) groups is 2. The summed E-state index contributed by atoms with van der Waals surface area (Å²) in [5.41, 5.74) is 1.18. The van der Waals surface area contributed by atoms with Gasteiger partial charge in [0.1, 0.15) is 12.0 Å². The van der Waals surface area contributed by atoms with E-state index in [1.165, 1.54) is 12.5 Å². The molecule has 0 aliphatic carbocycles. The molecule has 7 nitrogen and oxygen atoms in total. The molecule has 0 aliphatic rings. The van der Waals surface area contributed by atoms with Crippen LogP contribution in [0, 0.1) is 5.92 Å². The fourth-order valence-corrected chi connectivity index (χ4v) is 3.31. The van der Waals surface area contributed by atoms with Crippen LogP contribution in [0.2, 0.25) is 10.0 Å². The van der Waals surface area contributed by atoms with Crippen molar-refractivity contribution in [3.63, 3.8) is 0 Å². The first kappa shape index (κ1) is 22.2. The number of carboxylic acid groups (broad SMARTS) is 2. The minimum absolute atomic E-state index is 0.0337. The maximum Gasteiger partial charge on any atom is 0.320 e. The number of hydrogen-bond acceptors (Lipinski definition) is 4. The van der Waals surface area contributed by atoms with E-state index in [0.29, 0.717) is 28.7 Å². The predicted molar refractivity (Wildman–Crippen MR) is 107 cm³/mol. The predicted octanol–water partition coefficient (Wildman–Crippen LogP) is 3.50. The second kappa shape index (κ2) is 9.91. The second-order valence-corrected chi connectivity index (χ2v) is 7.76. The van der Waals surface area contributed by atoms with E-state index >= 15 is 0 Å². The maximum absolute atomic E-state index is 11.9. The number of nitrogens with zero attached hydrogens (tertiary/aromatic N) is 2. The summed E-state index contributed by atoms with van der Waals surface area (Å²) in [6.45, 7) is 4.09. The molecule has 1 aromatic heterocycles. The lowest BCUT2D eigenvalue weighted by atomic mass is 10.0. The lowest BCUT2D eigenvalue weighted by Gasteiger charge is -2.20. The van der Waals surface area contributed by atoms with Crippen LogP contribution in [0.5, 0.6) is 0 Å². The Labute approximate surface area is 173 Å². The molecule has 0 fully saturated rings. The number of benzene rings is 1. The molecule has 28 heavy (non-hydrogen) atoms. The summed E-state index contributed by atoms with van der Waals surface area (Å²) in [6, 6.07) is 4.42. The van der Waals surface area contributed by atoms with E-state index in [1.54, 1.807) is 22.8 Å². The lowest BCUT2D eigenvalue weighted by molar-refractivity contribution is -0.142. The van der Waals surface area contributed by atoms with Crippen LogP contribution in [0.1, 0.15) is 37.4 Å². The van der Waals surface area contributed by atoms with Crippen LogP contribution in [-0.2, 0) is 16.1 Å². The molecule has 0 bridgehead atoms. The Bertz CT molecular complexity index is 838. The quantitative estimate of drug-likeness (QED) is 0.535. The van der Waals surface area contributed by atoms with Crippen molar-refractivity contribution in [3.05, 3.63) is 52.0 Å². The Kier molecular flexibility index (Phi) is 7.86. The summed E-state index contributed by atoms with van der Waals surface area (Å²) in [4.78, 5) is 27.3. The number of nitrogens with one attached hydrogen (secondary N) is 1. The van der Waals surface area contributed by atoms with Gasteiger partial charge in [-0.25, -0.2) is 4.98 Å². The topological polar surface area (TPSA) is 104 Å². The SMILES string of the molecule is CC(C)CC(NCC(C(=O)O)c1cncn1Cc1cccc(Cl)c1Cl)C(=O)O. The van der Waals surface area contributed by atoms with E-state index in [1.807, 2.05) is 13.8 Å². The number of hydrogen-bond donors (Lipinski definition) is 3. The van der Waals surface area contributed by atoms with E-state index in [9.17, 15) is 19.8 Å². The van der Waals surface area contributed by atoms with E-state index in [4.69, 9.17) is 23.2 Å². The number of aromatic nitrogens is 2. The third-order valence-corrected chi connectivity index (χ3v) is 5.20. The molecule has 2 unspecified atom stereocenters. The molecule has 1 aromatic carbocycles. The van der Waals surface area contributed by atoms with Gasteiger partial charge >= 0.3 is 11.9 Å². The molecule has 1 heterocycles. The zero-order valence-electron chi connectivity index (χ0n) is 15.6. The van der Waals surface area contributed by atoms with Gasteiger partial charge in [-0.05, 0) is 24.0 Å². The van der Waals surface area contributed by atoms with Gasteiger partial charge in [0, 0.05) is 12.7 Å². The molecular formula is C19H23Cl2N3O4. The zero-order chi connectivity index (χ0) is 20.8. The van der Waals surface area contributed by atoms with Gasteiger partial charge in [-0.1, -0.05) is 49.2 Å². The fourth-order valence-electron chi connectivity index (χ4n) is 2.93. The number of rotatable bonds is 10. The fraction of sp³-hybridized carbons (Fsp3) is 0.421. The minimum atomic E-state index is -1.07. The highest BCUT2D eigenvalue weighted by molar-refractivity contribution is 6.42. The Morgan fingerprint density at radius 2 is 1.93 bits per heavy atom. The van der Waals surface area contributed by atoms with Crippen LogP contribution in [0.4, 0.5) is 0 Å². The third-order valence-electron chi connectivity index (χ3n) is 4.35. The molecule has 0 amide bonds. The van der Waals surface area contributed by atoms with Crippen molar-refractivity contribution in [2.45, 2.75) is 38.8 Å². The first-order valence-corrected chi connectivity index (χ1v) is 9.58. The molecule has 0 saturated carbocycles. The number of carboxylic acids is 2. The van der Waals surface area contributed by atoms with Gasteiger partial charge in [-0.2, -0.15) is 0 Å². The molecule has 2 atom stereocenters. The summed E-state index contributed by atoms with van der Waals surface area (Å²) in [7, 11) is 0. The van der Waals surface area contributed by atoms with Crippen molar-refractivity contribution in [1.29, 1.82) is 0 Å². The van der Waals surface area contributed by atoms with E-state index in [2.05, 4.69) is 10.3 Å². The summed E-state index contributed by atoms with van der Waals surface area (Å²) in [5.74, 6) is -2.88.